The third-order valence-corrected chi connectivity index (χ3v) is 5.44. The summed E-state index contributed by atoms with van der Waals surface area (Å²) in [4.78, 5) is 0. The van der Waals surface area contributed by atoms with Crippen LogP contribution in [-0.2, 0) is 5.41 Å². The van der Waals surface area contributed by atoms with E-state index in [9.17, 15) is 5.11 Å². The normalized spacial score (nSPS) is 11.2. The fraction of sp³-hybridized carbons (Fsp3) is 0.0370. The second-order valence-electron chi connectivity index (χ2n) is 7.05. The fourth-order valence-corrected chi connectivity index (χ4v) is 4.14. The Labute approximate surface area is 171 Å². The van der Waals surface area contributed by atoms with Gasteiger partial charge in [0.1, 0.15) is 5.75 Å². The molecule has 3 N–H and O–H groups in total. The highest BCUT2D eigenvalue weighted by Crippen LogP contribution is 2.50. The first-order chi connectivity index (χ1) is 14.2. The van der Waals surface area contributed by atoms with E-state index in [0.29, 0.717) is 11.3 Å². The van der Waals surface area contributed by atoms with E-state index < -0.39 is 5.41 Å². The van der Waals surface area contributed by atoms with Gasteiger partial charge in [-0.1, -0.05) is 104 Å². The number of benzene rings is 4. The van der Waals surface area contributed by atoms with E-state index in [1.54, 1.807) is 12.1 Å². The number of aromatic hydroxyl groups is 1. The molecule has 0 spiro atoms. The van der Waals surface area contributed by atoms with Crippen LogP contribution in [0.3, 0.4) is 0 Å². The highest BCUT2D eigenvalue weighted by Gasteiger charge is 2.41. The zero-order chi connectivity index (χ0) is 20.3. The predicted molar refractivity (Wildman–Crippen MR) is 121 cm³/mol. The van der Waals surface area contributed by atoms with Gasteiger partial charge in [-0.05, 0) is 34.4 Å². The van der Waals surface area contributed by atoms with Gasteiger partial charge >= 0.3 is 0 Å². The zero-order valence-electron chi connectivity index (χ0n) is 16.1. The summed E-state index contributed by atoms with van der Waals surface area (Å²) in [6.45, 7) is 3.87. The van der Waals surface area contributed by atoms with Crippen LogP contribution in [0, 0.1) is 0 Å². The molecule has 29 heavy (non-hydrogen) atoms. The van der Waals surface area contributed by atoms with Crippen molar-refractivity contribution >= 4 is 11.8 Å². The second-order valence-corrected chi connectivity index (χ2v) is 7.05. The lowest BCUT2D eigenvalue weighted by atomic mass is 9.64. The van der Waals surface area contributed by atoms with E-state index in [1.165, 1.54) is 0 Å². The summed E-state index contributed by atoms with van der Waals surface area (Å²) in [6.07, 6.45) is 1.82. The Morgan fingerprint density at radius 1 is 0.655 bits per heavy atom. The van der Waals surface area contributed by atoms with Gasteiger partial charge in [-0.3, -0.25) is 0 Å². The molecule has 0 aliphatic heterocycles. The Hall–Kier alpha value is -3.78. The Bertz CT molecular complexity index is 1060. The van der Waals surface area contributed by atoms with Crippen molar-refractivity contribution in [1.29, 1.82) is 0 Å². The van der Waals surface area contributed by atoms with Gasteiger partial charge in [0, 0.05) is 11.3 Å². The topological polar surface area (TPSA) is 46.2 Å². The molecule has 0 radical (unpaired) electrons. The van der Waals surface area contributed by atoms with E-state index >= 15 is 0 Å². The Morgan fingerprint density at radius 2 is 1.17 bits per heavy atom. The van der Waals surface area contributed by atoms with Crippen LogP contribution in [0.1, 0.15) is 27.8 Å². The van der Waals surface area contributed by atoms with Gasteiger partial charge in [-0.15, -0.1) is 0 Å². The molecule has 0 heterocycles. The second kappa shape index (κ2) is 7.69. The van der Waals surface area contributed by atoms with Gasteiger partial charge in [0.2, 0.25) is 0 Å². The first-order valence-corrected chi connectivity index (χ1v) is 9.60. The largest absolute Gasteiger partial charge is 0.508 e. The van der Waals surface area contributed by atoms with Gasteiger partial charge in [0.25, 0.3) is 0 Å². The molecule has 0 saturated carbocycles. The number of phenolic OH excluding ortho intramolecular Hbond substituents is 1. The van der Waals surface area contributed by atoms with Gasteiger partial charge in [-0.2, -0.15) is 0 Å². The molecule has 0 atom stereocenters. The summed E-state index contributed by atoms with van der Waals surface area (Å²) < 4.78 is 0. The van der Waals surface area contributed by atoms with Crippen molar-refractivity contribution < 1.29 is 5.11 Å². The van der Waals surface area contributed by atoms with Crippen LogP contribution in [0.25, 0.3) is 6.08 Å². The molecule has 0 amide bonds. The van der Waals surface area contributed by atoms with E-state index in [2.05, 4.69) is 43.0 Å². The summed E-state index contributed by atoms with van der Waals surface area (Å²) in [6, 6.07) is 34.0. The SMILES string of the molecule is C=Cc1ccc(C(c2ccccc2)(c2ccccc2)c2c(N)cccc2O)cc1. The molecule has 4 aromatic carbocycles. The molecule has 0 bridgehead atoms. The third kappa shape index (κ3) is 3.09. The maximum absolute atomic E-state index is 11.0. The number of rotatable bonds is 5. The predicted octanol–water partition coefficient (Wildman–Crippen LogP) is 6.00. The first-order valence-electron chi connectivity index (χ1n) is 9.60. The Balaban J connectivity index is 2.18. The van der Waals surface area contributed by atoms with Crippen molar-refractivity contribution in [2.45, 2.75) is 5.41 Å². The molecule has 0 saturated heterocycles. The molecule has 0 aliphatic rings. The first kappa shape index (κ1) is 18.6. The number of nitrogen functional groups attached to an aromatic ring is 1. The maximum atomic E-state index is 11.0. The molecule has 0 unspecified atom stereocenters. The number of anilines is 1. The van der Waals surface area contributed by atoms with E-state index in [1.807, 2.05) is 60.7 Å². The smallest absolute Gasteiger partial charge is 0.122 e. The lowest BCUT2D eigenvalue weighted by Crippen LogP contribution is -2.32. The molecule has 4 aromatic rings. The minimum absolute atomic E-state index is 0.172. The van der Waals surface area contributed by atoms with Crippen LogP contribution in [0.5, 0.6) is 5.75 Å². The molecule has 2 heteroatoms. The maximum Gasteiger partial charge on any atom is 0.122 e. The van der Waals surface area contributed by atoms with E-state index in [4.69, 9.17) is 5.73 Å². The molecular weight excluding hydrogens is 354 g/mol. The van der Waals surface area contributed by atoms with E-state index in [-0.39, 0.29) is 5.75 Å². The van der Waals surface area contributed by atoms with Crippen molar-refractivity contribution in [2.24, 2.45) is 0 Å². The summed E-state index contributed by atoms with van der Waals surface area (Å²) in [7, 11) is 0. The molecule has 0 aromatic heterocycles. The van der Waals surface area contributed by atoms with Crippen LogP contribution in [0.4, 0.5) is 5.69 Å². The van der Waals surface area contributed by atoms with Crippen LogP contribution in [-0.4, -0.2) is 5.11 Å². The Morgan fingerprint density at radius 3 is 1.66 bits per heavy atom. The number of phenols is 1. The van der Waals surface area contributed by atoms with Crippen LogP contribution < -0.4 is 5.73 Å². The average molecular weight is 377 g/mol. The number of nitrogens with two attached hydrogens (primary N) is 1. The minimum atomic E-state index is -0.766. The summed E-state index contributed by atoms with van der Waals surface area (Å²) >= 11 is 0. The molecule has 2 nitrogen and oxygen atoms in total. The Kier molecular flexibility index (Phi) is 4.92. The summed E-state index contributed by atoms with van der Waals surface area (Å²) in [5.41, 5.74) is 11.1. The van der Waals surface area contributed by atoms with Crippen LogP contribution in [0.2, 0.25) is 0 Å². The molecule has 0 fully saturated rings. The van der Waals surface area contributed by atoms with Crippen molar-refractivity contribution in [1.82, 2.24) is 0 Å². The lowest BCUT2D eigenvalue weighted by Gasteiger charge is -2.38. The van der Waals surface area contributed by atoms with Gasteiger partial charge < -0.3 is 10.8 Å². The van der Waals surface area contributed by atoms with E-state index in [0.717, 1.165) is 22.3 Å². The molecule has 0 aliphatic carbocycles. The minimum Gasteiger partial charge on any atom is -0.508 e. The number of hydrogen-bond acceptors (Lipinski definition) is 2. The quantitative estimate of drug-likeness (QED) is 0.331. The summed E-state index contributed by atoms with van der Waals surface area (Å²) in [5.74, 6) is 0.172. The lowest BCUT2D eigenvalue weighted by molar-refractivity contribution is 0.461. The van der Waals surface area contributed by atoms with Crippen molar-refractivity contribution in [3.8, 4) is 5.75 Å². The van der Waals surface area contributed by atoms with Crippen molar-refractivity contribution in [2.75, 3.05) is 5.73 Å². The van der Waals surface area contributed by atoms with Crippen LogP contribution in [0.15, 0.2) is 110 Å². The van der Waals surface area contributed by atoms with Gasteiger partial charge in [0.05, 0.1) is 5.41 Å². The molecular formula is C27H23NO. The summed E-state index contributed by atoms with van der Waals surface area (Å²) in [5, 5.41) is 11.0. The fourth-order valence-electron chi connectivity index (χ4n) is 4.14. The van der Waals surface area contributed by atoms with Crippen molar-refractivity contribution in [3.63, 3.8) is 0 Å². The highest BCUT2D eigenvalue weighted by atomic mass is 16.3. The average Bonchev–Trinajstić information content (AvgIpc) is 2.78. The van der Waals surface area contributed by atoms with Gasteiger partial charge in [0.15, 0.2) is 0 Å². The molecule has 4 rings (SSSR count). The standard InChI is InChI=1S/C27H23NO/c1-2-20-16-18-23(19-17-20)27(21-10-5-3-6-11-21,22-12-7-4-8-13-22)26-24(28)14-9-15-25(26)29/h2-19,29H,1,28H2. The van der Waals surface area contributed by atoms with Gasteiger partial charge in [-0.25, -0.2) is 0 Å². The number of hydrogen-bond donors (Lipinski definition) is 2. The highest BCUT2D eigenvalue weighted by molar-refractivity contribution is 5.71. The van der Waals surface area contributed by atoms with Crippen LogP contribution >= 0.6 is 0 Å². The molecule has 142 valence electrons. The third-order valence-electron chi connectivity index (χ3n) is 5.44. The monoisotopic (exact) mass is 377 g/mol. The zero-order valence-corrected chi connectivity index (χ0v) is 16.1. The van der Waals surface area contributed by atoms with Crippen molar-refractivity contribution in [3.05, 3.63) is 138 Å².